The van der Waals surface area contributed by atoms with Crippen molar-refractivity contribution >= 4 is 21.6 Å². The molecule has 3 rings (SSSR count). The van der Waals surface area contributed by atoms with E-state index in [0.29, 0.717) is 22.6 Å². The molecule has 2 heterocycles. The first kappa shape index (κ1) is 14.3. The van der Waals surface area contributed by atoms with Crippen molar-refractivity contribution in [2.24, 2.45) is 0 Å². The van der Waals surface area contributed by atoms with Crippen molar-refractivity contribution in [3.8, 4) is 0 Å². The molecule has 2 atom stereocenters. The van der Waals surface area contributed by atoms with Crippen molar-refractivity contribution in [1.29, 1.82) is 0 Å². The van der Waals surface area contributed by atoms with Crippen LogP contribution in [0.5, 0.6) is 0 Å². The van der Waals surface area contributed by atoms with Crippen molar-refractivity contribution in [3.05, 3.63) is 28.5 Å². The van der Waals surface area contributed by atoms with E-state index in [4.69, 9.17) is 0 Å². The molecular formula is C16H22BrFN2. The molecule has 1 aromatic rings. The van der Waals surface area contributed by atoms with Gasteiger partial charge in [0, 0.05) is 23.8 Å². The van der Waals surface area contributed by atoms with Crippen LogP contribution in [0, 0.1) is 5.82 Å². The Morgan fingerprint density at radius 1 is 1.30 bits per heavy atom. The number of hydrogen-bond donors (Lipinski definition) is 1. The maximum absolute atomic E-state index is 13.8. The summed E-state index contributed by atoms with van der Waals surface area (Å²) in [6.07, 6.45) is 6.14. The Morgan fingerprint density at radius 2 is 2.00 bits per heavy atom. The van der Waals surface area contributed by atoms with Gasteiger partial charge in [-0.3, -0.25) is 0 Å². The number of nitrogens with zero attached hydrogens (tertiary/aromatic N) is 1. The minimum atomic E-state index is -0.158. The van der Waals surface area contributed by atoms with Crippen LogP contribution in [0.3, 0.4) is 0 Å². The van der Waals surface area contributed by atoms with Crippen LogP contribution in [0.2, 0.25) is 0 Å². The zero-order valence-electron chi connectivity index (χ0n) is 11.9. The molecule has 2 saturated heterocycles. The summed E-state index contributed by atoms with van der Waals surface area (Å²) < 4.78 is 14.4. The average Bonchev–Trinajstić information content (AvgIpc) is 2.41. The van der Waals surface area contributed by atoms with Gasteiger partial charge >= 0.3 is 0 Å². The van der Waals surface area contributed by atoms with E-state index in [-0.39, 0.29) is 5.82 Å². The first-order valence-corrected chi connectivity index (χ1v) is 8.45. The highest BCUT2D eigenvalue weighted by molar-refractivity contribution is 9.10. The number of benzene rings is 1. The van der Waals surface area contributed by atoms with Crippen LogP contribution in [0.1, 0.15) is 39.0 Å². The summed E-state index contributed by atoms with van der Waals surface area (Å²) in [7, 11) is 0. The maximum atomic E-state index is 13.8. The summed E-state index contributed by atoms with van der Waals surface area (Å²) >= 11 is 3.24. The second-order valence-electron chi connectivity index (χ2n) is 5.97. The van der Waals surface area contributed by atoms with E-state index >= 15 is 0 Å². The number of piperidine rings is 2. The Kier molecular flexibility index (Phi) is 4.32. The fourth-order valence-corrected chi connectivity index (χ4v) is 4.15. The van der Waals surface area contributed by atoms with E-state index in [2.05, 4.69) is 33.1 Å². The SMILES string of the molecule is CCNC1CC2CCCC(C1)N2c1ccc(Br)c(F)c1. The summed E-state index contributed by atoms with van der Waals surface area (Å²) in [6.45, 7) is 3.21. The molecule has 2 bridgehead atoms. The van der Waals surface area contributed by atoms with E-state index in [1.54, 1.807) is 6.07 Å². The van der Waals surface area contributed by atoms with Crippen molar-refractivity contribution in [3.63, 3.8) is 0 Å². The number of fused-ring (bicyclic) bond motifs is 2. The third kappa shape index (κ3) is 2.73. The molecule has 110 valence electrons. The first-order valence-electron chi connectivity index (χ1n) is 7.65. The zero-order valence-corrected chi connectivity index (χ0v) is 13.5. The second kappa shape index (κ2) is 6.02. The molecule has 2 unspecified atom stereocenters. The second-order valence-corrected chi connectivity index (χ2v) is 6.82. The van der Waals surface area contributed by atoms with Gasteiger partial charge in [-0.2, -0.15) is 0 Å². The van der Waals surface area contributed by atoms with Gasteiger partial charge in [-0.1, -0.05) is 6.92 Å². The standard InChI is InChI=1S/C16H22BrFN2/c1-2-19-11-8-12-4-3-5-13(9-11)20(12)14-6-7-15(17)16(18)10-14/h6-7,10-13,19H,2-5,8-9H2,1H3. The number of hydrogen-bond acceptors (Lipinski definition) is 2. The third-order valence-corrected chi connectivity index (χ3v) is 5.31. The maximum Gasteiger partial charge on any atom is 0.139 e. The molecule has 0 aliphatic carbocycles. The van der Waals surface area contributed by atoms with Crippen molar-refractivity contribution in [1.82, 2.24) is 5.32 Å². The Morgan fingerprint density at radius 3 is 2.60 bits per heavy atom. The lowest BCUT2D eigenvalue weighted by atomic mass is 9.81. The third-order valence-electron chi connectivity index (χ3n) is 4.67. The lowest BCUT2D eigenvalue weighted by Crippen LogP contribution is -2.56. The molecule has 20 heavy (non-hydrogen) atoms. The Hall–Kier alpha value is -0.610. The Balaban J connectivity index is 1.84. The van der Waals surface area contributed by atoms with Crippen LogP contribution in [0.25, 0.3) is 0 Å². The van der Waals surface area contributed by atoms with E-state index in [0.717, 1.165) is 12.2 Å². The van der Waals surface area contributed by atoms with Crippen LogP contribution in [0.15, 0.2) is 22.7 Å². The minimum Gasteiger partial charge on any atom is -0.365 e. The molecule has 2 nitrogen and oxygen atoms in total. The van der Waals surface area contributed by atoms with Crippen LogP contribution >= 0.6 is 15.9 Å². The van der Waals surface area contributed by atoms with Crippen LogP contribution in [-0.2, 0) is 0 Å². The molecule has 0 amide bonds. The van der Waals surface area contributed by atoms with Gasteiger partial charge in [0.25, 0.3) is 0 Å². The van der Waals surface area contributed by atoms with Crippen LogP contribution in [-0.4, -0.2) is 24.7 Å². The average molecular weight is 341 g/mol. The highest BCUT2D eigenvalue weighted by Gasteiger charge is 2.38. The predicted molar refractivity (Wildman–Crippen MR) is 84.7 cm³/mol. The molecule has 0 aromatic heterocycles. The molecular weight excluding hydrogens is 319 g/mol. The molecule has 4 heteroatoms. The molecule has 1 aromatic carbocycles. The quantitative estimate of drug-likeness (QED) is 0.891. The molecule has 0 radical (unpaired) electrons. The summed E-state index contributed by atoms with van der Waals surface area (Å²) in [5, 5.41) is 3.60. The predicted octanol–water partition coefficient (Wildman–Crippen LogP) is 4.09. The van der Waals surface area contributed by atoms with Crippen LogP contribution in [0.4, 0.5) is 10.1 Å². The first-order chi connectivity index (χ1) is 9.69. The molecule has 0 spiro atoms. The van der Waals surface area contributed by atoms with Gasteiger partial charge in [0.2, 0.25) is 0 Å². The van der Waals surface area contributed by atoms with Crippen molar-refractivity contribution in [2.75, 3.05) is 11.4 Å². The van der Waals surface area contributed by atoms with Gasteiger partial charge in [-0.15, -0.1) is 0 Å². The lowest BCUT2D eigenvalue weighted by molar-refractivity contribution is 0.247. The van der Waals surface area contributed by atoms with Crippen molar-refractivity contribution in [2.45, 2.75) is 57.2 Å². The summed E-state index contributed by atoms with van der Waals surface area (Å²) in [4.78, 5) is 2.48. The molecule has 1 N–H and O–H groups in total. The topological polar surface area (TPSA) is 15.3 Å². The van der Waals surface area contributed by atoms with Gasteiger partial charge in [-0.25, -0.2) is 4.39 Å². The van der Waals surface area contributed by atoms with Gasteiger partial charge < -0.3 is 10.2 Å². The van der Waals surface area contributed by atoms with Crippen LogP contribution < -0.4 is 10.2 Å². The fraction of sp³-hybridized carbons (Fsp3) is 0.625. The zero-order chi connectivity index (χ0) is 14.1. The van der Waals surface area contributed by atoms with E-state index in [1.807, 2.05) is 12.1 Å². The number of nitrogens with one attached hydrogen (secondary N) is 1. The molecule has 2 aliphatic rings. The Labute approximate surface area is 128 Å². The van der Waals surface area contributed by atoms with Crippen molar-refractivity contribution < 1.29 is 4.39 Å². The summed E-state index contributed by atoms with van der Waals surface area (Å²) in [5.74, 6) is -0.158. The molecule has 2 aliphatic heterocycles. The summed E-state index contributed by atoms with van der Waals surface area (Å²) in [6, 6.07) is 7.32. The van der Waals surface area contributed by atoms with E-state index in [1.165, 1.54) is 32.1 Å². The fourth-order valence-electron chi connectivity index (χ4n) is 3.90. The monoisotopic (exact) mass is 340 g/mol. The molecule has 0 saturated carbocycles. The van der Waals surface area contributed by atoms with Gasteiger partial charge in [0.05, 0.1) is 4.47 Å². The van der Waals surface area contributed by atoms with Gasteiger partial charge in [0.1, 0.15) is 5.82 Å². The van der Waals surface area contributed by atoms with Gasteiger partial charge in [0.15, 0.2) is 0 Å². The molecule has 2 fully saturated rings. The van der Waals surface area contributed by atoms with Gasteiger partial charge in [-0.05, 0) is 72.8 Å². The smallest absolute Gasteiger partial charge is 0.139 e. The highest BCUT2D eigenvalue weighted by Crippen LogP contribution is 2.38. The lowest BCUT2D eigenvalue weighted by Gasteiger charge is -2.50. The minimum absolute atomic E-state index is 0.158. The highest BCUT2D eigenvalue weighted by atomic mass is 79.9. The summed E-state index contributed by atoms with van der Waals surface area (Å²) in [5.41, 5.74) is 1.05. The number of rotatable bonds is 3. The Bertz CT molecular complexity index is 466. The largest absolute Gasteiger partial charge is 0.365 e. The normalized spacial score (nSPS) is 29.6. The number of halogens is 2. The number of anilines is 1. The van der Waals surface area contributed by atoms with E-state index < -0.39 is 0 Å². The van der Waals surface area contributed by atoms with E-state index in [9.17, 15) is 4.39 Å².